The fourth-order valence-electron chi connectivity index (χ4n) is 1.54. The highest BCUT2D eigenvalue weighted by Crippen LogP contribution is 1.86. The van der Waals surface area contributed by atoms with E-state index in [-0.39, 0.29) is 17.7 Å². The van der Waals surface area contributed by atoms with Gasteiger partial charge in [-0.15, -0.1) is 0 Å². The third-order valence-corrected chi connectivity index (χ3v) is 2.63. The lowest BCUT2D eigenvalue weighted by molar-refractivity contribution is -0.119. The van der Waals surface area contributed by atoms with Crippen LogP contribution in [0.25, 0.3) is 0 Å². The monoisotopic (exact) mass is 296 g/mol. The van der Waals surface area contributed by atoms with Crippen LogP contribution in [-0.2, 0) is 14.4 Å². The summed E-state index contributed by atoms with van der Waals surface area (Å²) in [7, 11) is 0. The van der Waals surface area contributed by atoms with E-state index in [0.29, 0.717) is 39.3 Å². The summed E-state index contributed by atoms with van der Waals surface area (Å²) in [5, 5.41) is 8.07. The predicted molar refractivity (Wildman–Crippen MR) is 81.5 cm³/mol. The molecular formula is C14H24N4O3. The third-order valence-electron chi connectivity index (χ3n) is 2.63. The molecule has 0 atom stereocenters. The highest BCUT2D eigenvalue weighted by atomic mass is 16.2. The van der Waals surface area contributed by atoms with Crippen LogP contribution in [0.3, 0.4) is 0 Å². The molecule has 0 saturated carbocycles. The lowest BCUT2D eigenvalue weighted by Crippen LogP contribution is -2.42. The number of carbonyl (C=O) groups is 3. The molecule has 0 bridgehead atoms. The summed E-state index contributed by atoms with van der Waals surface area (Å²) in [6.45, 7) is 11.5. The van der Waals surface area contributed by atoms with E-state index in [4.69, 9.17) is 0 Å². The molecule has 0 aromatic rings. The minimum Gasteiger partial charge on any atom is -0.355 e. The second-order valence-electron chi connectivity index (χ2n) is 4.31. The van der Waals surface area contributed by atoms with Gasteiger partial charge >= 0.3 is 0 Å². The maximum Gasteiger partial charge on any atom is 0.243 e. The van der Waals surface area contributed by atoms with Gasteiger partial charge in [-0.1, -0.05) is 13.2 Å². The van der Waals surface area contributed by atoms with Gasteiger partial charge in [0.25, 0.3) is 0 Å². The van der Waals surface area contributed by atoms with Crippen molar-refractivity contribution in [2.45, 2.75) is 6.92 Å². The molecule has 3 N–H and O–H groups in total. The van der Waals surface area contributed by atoms with Crippen molar-refractivity contribution in [1.82, 2.24) is 20.9 Å². The van der Waals surface area contributed by atoms with E-state index in [9.17, 15) is 14.4 Å². The largest absolute Gasteiger partial charge is 0.355 e. The van der Waals surface area contributed by atoms with E-state index >= 15 is 0 Å². The van der Waals surface area contributed by atoms with Crippen LogP contribution in [0.4, 0.5) is 0 Å². The van der Waals surface area contributed by atoms with Gasteiger partial charge in [0, 0.05) is 46.2 Å². The number of hydrogen-bond acceptors (Lipinski definition) is 4. The van der Waals surface area contributed by atoms with Crippen LogP contribution in [0.2, 0.25) is 0 Å². The quantitative estimate of drug-likeness (QED) is 0.428. The first-order chi connectivity index (χ1) is 9.99. The van der Waals surface area contributed by atoms with Crippen LogP contribution in [0.15, 0.2) is 25.3 Å². The zero-order valence-electron chi connectivity index (χ0n) is 12.5. The molecule has 0 spiro atoms. The van der Waals surface area contributed by atoms with Gasteiger partial charge in [0.05, 0.1) is 0 Å². The van der Waals surface area contributed by atoms with Crippen molar-refractivity contribution in [3.05, 3.63) is 25.3 Å². The first kappa shape index (κ1) is 18.9. The molecule has 0 aromatic heterocycles. The lowest BCUT2D eigenvalue weighted by atomic mass is 10.4. The molecule has 0 unspecified atom stereocenters. The highest BCUT2D eigenvalue weighted by molar-refractivity contribution is 5.87. The minimum absolute atomic E-state index is 0.0881. The average Bonchev–Trinajstić information content (AvgIpc) is 2.45. The molecule has 7 nitrogen and oxygen atoms in total. The summed E-state index contributed by atoms with van der Waals surface area (Å²) < 4.78 is 0. The highest BCUT2D eigenvalue weighted by Gasteiger charge is 2.06. The summed E-state index contributed by atoms with van der Waals surface area (Å²) in [6.07, 6.45) is 2.43. The Morgan fingerprint density at radius 3 is 1.57 bits per heavy atom. The van der Waals surface area contributed by atoms with Crippen molar-refractivity contribution >= 4 is 17.7 Å². The van der Waals surface area contributed by atoms with Gasteiger partial charge in [-0.2, -0.15) is 0 Å². The van der Waals surface area contributed by atoms with Crippen LogP contribution in [0.1, 0.15) is 6.92 Å². The average molecular weight is 296 g/mol. The van der Waals surface area contributed by atoms with E-state index in [1.165, 1.54) is 19.1 Å². The van der Waals surface area contributed by atoms with Gasteiger partial charge in [-0.25, -0.2) is 0 Å². The molecule has 21 heavy (non-hydrogen) atoms. The molecule has 0 radical (unpaired) electrons. The predicted octanol–water partition coefficient (Wildman–Crippen LogP) is -0.971. The Bertz CT molecular complexity index is 356. The topological polar surface area (TPSA) is 90.5 Å². The second kappa shape index (κ2) is 11.7. The van der Waals surface area contributed by atoms with Gasteiger partial charge < -0.3 is 16.0 Å². The molecule has 3 amide bonds. The van der Waals surface area contributed by atoms with Crippen LogP contribution in [0.5, 0.6) is 0 Å². The Balaban J connectivity index is 4.09. The van der Waals surface area contributed by atoms with E-state index in [1.54, 1.807) is 0 Å². The molecule has 0 fully saturated rings. The van der Waals surface area contributed by atoms with E-state index in [0.717, 1.165) is 0 Å². The Labute approximate surface area is 125 Å². The number of nitrogens with zero attached hydrogens (tertiary/aromatic N) is 1. The number of rotatable bonds is 11. The van der Waals surface area contributed by atoms with Crippen LogP contribution < -0.4 is 16.0 Å². The summed E-state index contributed by atoms with van der Waals surface area (Å²) in [6, 6.07) is 0. The molecule has 0 aromatic carbocycles. The number of hydrogen-bond donors (Lipinski definition) is 3. The summed E-state index contributed by atoms with van der Waals surface area (Å²) in [5.41, 5.74) is 0. The van der Waals surface area contributed by atoms with Crippen LogP contribution in [-0.4, -0.2) is 61.9 Å². The number of amides is 3. The first-order valence-corrected chi connectivity index (χ1v) is 6.77. The van der Waals surface area contributed by atoms with Gasteiger partial charge in [-0.05, 0) is 12.2 Å². The Morgan fingerprint density at radius 2 is 1.24 bits per heavy atom. The minimum atomic E-state index is -0.225. The standard InChI is InChI=1S/C14H24N4O3/c1-4-13(20)16-7-10-18(9-6-15-12(3)19)11-8-17-14(21)5-2/h4-5H,1-2,6-11H2,3H3,(H,15,19)(H,16,20)(H,17,21). The van der Waals surface area contributed by atoms with Crippen LogP contribution in [0, 0.1) is 0 Å². The van der Waals surface area contributed by atoms with Gasteiger partial charge in [0.15, 0.2) is 0 Å². The number of nitrogens with one attached hydrogen (secondary N) is 3. The van der Waals surface area contributed by atoms with Gasteiger partial charge in [0.1, 0.15) is 0 Å². The molecule has 0 rings (SSSR count). The molecular weight excluding hydrogens is 272 g/mol. The molecule has 7 heteroatoms. The van der Waals surface area contributed by atoms with Crippen molar-refractivity contribution in [2.24, 2.45) is 0 Å². The molecule has 0 aliphatic rings. The maximum absolute atomic E-state index is 11.1. The fraction of sp³-hybridized carbons (Fsp3) is 0.500. The normalized spacial score (nSPS) is 9.81. The van der Waals surface area contributed by atoms with E-state index in [2.05, 4.69) is 29.1 Å². The summed E-state index contributed by atoms with van der Waals surface area (Å²) in [5.74, 6) is -0.539. The molecule has 0 aliphatic heterocycles. The van der Waals surface area contributed by atoms with Crippen molar-refractivity contribution in [3.8, 4) is 0 Å². The van der Waals surface area contributed by atoms with Crippen molar-refractivity contribution < 1.29 is 14.4 Å². The first-order valence-electron chi connectivity index (χ1n) is 6.77. The summed E-state index contributed by atoms with van der Waals surface area (Å²) >= 11 is 0. The Hall–Kier alpha value is -2.15. The number of carbonyl (C=O) groups excluding carboxylic acids is 3. The Kier molecular flexibility index (Phi) is 10.5. The Morgan fingerprint density at radius 1 is 0.857 bits per heavy atom. The molecule has 0 saturated heterocycles. The zero-order chi connectivity index (χ0) is 16.1. The zero-order valence-corrected chi connectivity index (χ0v) is 12.5. The van der Waals surface area contributed by atoms with Gasteiger partial charge in [0.2, 0.25) is 17.7 Å². The maximum atomic E-state index is 11.1. The van der Waals surface area contributed by atoms with Crippen molar-refractivity contribution in [3.63, 3.8) is 0 Å². The van der Waals surface area contributed by atoms with E-state index in [1.807, 2.05) is 4.90 Å². The SMILES string of the molecule is C=CC(=O)NCCN(CCNC(C)=O)CCNC(=O)C=C. The lowest BCUT2D eigenvalue weighted by Gasteiger charge is -2.22. The van der Waals surface area contributed by atoms with E-state index < -0.39 is 0 Å². The smallest absolute Gasteiger partial charge is 0.243 e. The van der Waals surface area contributed by atoms with Crippen molar-refractivity contribution in [1.29, 1.82) is 0 Å². The summed E-state index contributed by atoms with van der Waals surface area (Å²) in [4.78, 5) is 35.0. The van der Waals surface area contributed by atoms with Crippen molar-refractivity contribution in [2.75, 3.05) is 39.3 Å². The van der Waals surface area contributed by atoms with Crippen LogP contribution >= 0.6 is 0 Å². The molecule has 0 heterocycles. The van der Waals surface area contributed by atoms with Gasteiger partial charge in [-0.3, -0.25) is 19.3 Å². The fourth-order valence-corrected chi connectivity index (χ4v) is 1.54. The molecule has 118 valence electrons. The second-order valence-corrected chi connectivity index (χ2v) is 4.31. The molecule has 0 aliphatic carbocycles. The third kappa shape index (κ3) is 11.4.